The fraction of sp³-hybridized carbons (Fsp3) is 0.438. The summed E-state index contributed by atoms with van der Waals surface area (Å²) in [7, 11) is -3.05. The van der Waals surface area contributed by atoms with Gasteiger partial charge in [-0.05, 0) is 24.8 Å². The van der Waals surface area contributed by atoms with Crippen molar-refractivity contribution in [1.29, 1.82) is 0 Å². The Morgan fingerprint density at radius 1 is 1.27 bits per heavy atom. The van der Waals surface area contributed by atoms with Crippen LogP contribution in [0.25, 0.3) is 0 Å². The minimum absolute atomic E-state index is 0.0993. The number of hydrogen-bond acceptors (Lipinski definition) is 5. The molecule has 1 N–H and O–H groups in total. The van der Waals surface area contributed by atoms with Crippen molar-refractivity contribution < 1.29 is 8.42 Å². The number of fused-ring (bicyclic) bond motifs is 1. The van der Waals surface area contributed by atoms with Crippen LogP contribution in [0.3, 0.4) is 0 Å². The van der Waals surface area contributed by atoms with Gasteiger partial charge in [0, 0.05) is 23.7 Å². The van der Waals surface area contributed by atoms with Gasteiger partial charge in [-0.2, -0.15) is 0 Å². The van der Waals surface area contributed by atoms with Crippen molar-refractivity contribution in [2.75, 3.05) is 12.0 Å². The van der Waals surface area contributed by atoms with Gasteiger partial charge in [-0.25, -0.2) is 13.4 Å². The molecule has 118 valence electrons. The molecule has 0 saturated carbocycles. The molecule has 1 aromatic carbocycles. The lowest BCUT2D eigenvalue weighted by atomic mass is 10.1. The highest BCUT2D eigenvalue weighted by Gasteiger charge is 2.20. The first-order valence-corrected chi connectivity index (χ1v) is 10.3. The highest BCUT2D eigenvalue weighted by atomic mass is 32.2. The van der Waals surface area contributed by atoms with Crippen LogP contribution in [-0.4, -0.2) is 25.4 Å². The summed E-state index contributed by atoms with van der Waals surface area (Å²) < 4.78 is 23.4. The molecule has 3 rings (SSSR count). The minimum Gasteiger partial charge on any atom is -0.303 e. The molecule has 1 aromatic heterocycles. The predicted molar refractivity (Wildman–Crippen MR) is 89.9 cm³/mol. The number of hydrogen-bond donors (Lipinski definition) is 1. The second kappa shape index (κ2) is 6.48. The van der Waals surface area contributed by atoms with Crippen molar-refractivity contribution in [3.05, 3.63) is 51.5 Å². The van der Waals surface area contributed by atoms with E-state index in [-0.39, 0.29) is 11.8 Å². The molecular weight excluding hydrogens is 316 g/mol. The largest absolute Gasteiger partial charge is 0.303 e. The SMILES string of the molecule is CS(=O)(=O)C[C@@H](NCc1nc2c(s1)CCC2)c1ccccc1. The van der Waals surface area contributed by atoms with Crippen LogP contribution in [-0.2, 0) is 29.2 Å². The topological polar surface area (TPSA) is 59.1 Å². The van der Waals surface area contributed by atoms with Crippen LogP contribution >= 0.6 is 11.3 Å². The molecule has 0 spiro atoms. The first-order chi connectivity index (χ1) is 10.5. The van der Waals surface area contributed by atoms with E-state index in [2.05, 4.69) is 10.3 Å². The fourth-order valence-corrected chi connectivity index (χ4v) is 4.81. The number of thiazole rings is 1. The van der Waals surface area contributed by atoms with Crippen LogP contribution in [0.15, 0.2) is 30.3 Å². The number of rotatable bonds is 6. The molecule has 1 aliphatic rings. The molecule has 0 radical (unpaired) electrons. The zero-order valence-electron chi connectivity index (χ0n) is 12.6. The van der Waals surface area contributed by atoms with E-state index in [0.29, 0.717) is 6.54 Å². The number of aromatic nitrogens is 1. The van der Waals surface area contributed by atoms with Gasteiger partial charge in [0.1, 0.15) is 14.8 Å². The van der Waals surface area contributed by atoms with E-state index >= 15 is 0 Å². The first-order valence-electron chi connectivity index (χ1n) is 7.45. The van der Waals surface area contributed by atoms with E-state index < -0.39 is 9.84 Å². The van der Waals surface area contributed by atoms with Crippen LogP contribution in [0.5, 0.6) is 0 Å². The maximum Gasteiger partial charge on any atom is 0.149 e. The molecule has 22 heavy (non-hydrogen) atoms. The number of sulfone groups is 1. The summed E-state index contributed by atoms with van der Waals surface area (Å²) >= 11 is 1.75. The number of aryl methyl sites for hydroxylation is 2. The number of benzene rings is 1. The van der Waals surface area contributed by atoms with Gasteiger partial charge >= 0.3 is 0 Å². The summed E-state index contributed by atoms with van der Waals surface area (Å²) in [5, 5.41) is 4.42. The van der Waals surface area contributed by atoms with Crippen molar-refractivity contribution in [2.24, 2.45) is 0 Å². The van der Waals surface area contributed by atoms with E-state index in [1.54, 1.807) is 11.3 Å². The maximum atomic E-state index is 11.7. The average Bonchev–Trinajstić information content (AvgIpc) is 3.04. The zero-order valence-corrected chi connectivity index (χ0v) is 14.2. The zero-order chi connectivity index (χ0) is 15.6. The van der Waals surface area contributed by atoms with Gasteiger partial charge in [0.25, 0.3) is 0 Å². The van der Waals surface area contributed by atoms with Crippen molar-refractivity contribution in [1.82, 2.24) is 10.3 Å². The normalized spacial score (nSPS) is 15.7. The Balaban J connectivity index is 1.72. The van der Waals surface area contributed by atoms with Gasteiger partial charge in [0.15, 0.2) is 0 Å². The first kappa shape index (κ1) is 15.6. The van der Waals surface area contributed by atoms with Gasteiger partial charge < -0.3 is 5.32 Å². The van der Waals surface area contributed by atoms with Gasteiger partial charge in [0.2, 0.25) is 0 Å². The van der Waals surface area contributed by atoms with Crippen LogP contribution < -0.4 is 5.32 Å². The smallest absolute Gasteiger partial charge is 0.149 e. The van der Waals surface area contributed by atoms with Gasteiger partial charge in [-0.15, -0.1) is 11.3 Å². The molecule has 1 atom stereocenters. The molecule has 0 amide bonds. The molecule has 6 heteroatoms. The molecule has 1 aliphatic carbocycles. The molecule has 0 bridgehead atoms. The summed E-state index contributed by atoms with van der Waals surface area (Å²) in [6, 6.07) is 9.53. The van der Waals surface area contributed by atoms with Crippen molar-refractivity contribution >= 4 is 21.2 Å². The number of nitrogens with one attached hydrogen (secondary N) is 1. The van der Waals surface area contributed by atoms with Crippen LogP contribution in [0, 0.1) is 0 Å². The third-order valence-corrected chi connectivity index (χ3v) is 5.91. The van der Waals surface area contributed by atoms with Gasteiger partial charge in [0.05, 0.1) is 11.4 Å². The van der Waals surface area contributed by atoms with E-state index in [4.69, 9.17) is 0 Å². The molecule has 0 saturated heterocycles. The quantitative estimate of drug-likeness (QED) is 0.880. The Morgan fingerprint density at radius 3 is 2.73 bits per heavy atom. The van der Waals surface area contributed by atoms with Crippen molar-refractivity contribution in [2.45, 2.75) is 31.8 Å². The van der Waals surface area contributed by atoms with Gasteiger partial charge in [-0.3, -0.25) is 0 Å². The molecule has 0 unspecified atom stereocenters. The van der Waals surface area contributed by atoms with Crippen LogP contribution in [0.4, 0.5) is 0 Å². The number of nitrogens with zero attached hydrogens (tertiary/aromatic N) is 1. The molecular formula is C16H20N2O2S2. The summed E-state index contributed by atoms with van der Waals surface area (Å²) in [5.74, 6) is 0.0993. The van der Waals surface area contributed by atoms with E-state index in [1.807, 2.05) is 30.3 Å². The van der Waals surface area contributed by atoms with Crippen molar-refractivity contribution in [3.63, 3.8) is 0 Å². The van der Waals surface area contributed by atoms with Crippen LogP contribution in [0.2, 0.25) is 0 Å². The molecule has 4 nitrogen and oxygen atoms in total. The third-order valence-electron chi connectivity index (χ3n) is 3.81. The average molecular weight is 336 g/mol. The second-order valence-electron chi connectivity index (χ2n) is 5.77. The lowest BCUT2D eigenvalue weighted by Gasteiger charge is -2.17. The summed E-state index contributed by atoms with van der Waals surface area (Å²) in [6.07, 6.45) is 4.71. The molecule has 0 fully saturated rings. The standard InChI is InChI=1S/C16H20N2O2S2/c1-22(19,20)11-14(12-6-3-2-4-7-12)17-10-16-18-13-8-5-9-15(13)21-16/h2-4,6-7,14,17H,5,8-11H2,1H3/t14-/m1/s1. The van der Waals surface area contributed by atoms with Crippen molar-refractivity contribution in [3.8, 4) is 0 Å². The Morgan fingerprint density at radius 2 is 2.05 bits per heavy atom. The molecule has 2 aromatic rings. The van der Waals surface area contributed by atoms with E-state index in [0.717, 1.165) is 23.4 Å². The Hall–Kier alpha value is -1.24. The molecule has 1 heterocycles. The minimum atomic E-state index is -3.05. The highest BCUT2D eigenvalue weighted by Crippen LogP contribution is 2.27. The Bertz CT molecular complexity index is 717. The Kier molecular flexibility index (Phi) is 4.61. The van der Waals surface area contributed by atoms with Gasteiger partial charge in [-0.1, -0.05) is 30.3 Å². The second-order valence-corrected chi connectivity index (χ2v) is 9.12. The lowest BCUT2D eigenvalue weighted by molar-refractivity contribution is 0.549. The molecule has 0 aliphatic heterocycles. The van der Waals surface area contributed by atoms with Crippen LogP contribution in [0.1, 0.15) is 33.6 Å². The lowest BCUT2D eigenvalue weighted by Crippen LogP contribution is -2.27. The fourth-order valence-electron chi connectivity index (χ4n) is 2.79. The monoisotopic (exact) mass is 336 g/mol. The highest BCUT2D eigenvalue weighted by molar-refractivity contribution is 7.90. The summed E-state index contributed by atoms with van der Waals surface area (Å²) in [4.78, 5) is 6.06. The maximum absolute atomic E-state index is 11.7. The van der Waals surface area contributed by atoms with E-state index in [9.17, 15) is 8.42 Å². The predicted octanol–water partition coefficient (Wildman–Crippen LogP) is 2.51. The summed E-state index contributed by atoms with van der Waals surface area (Å²) in [6.45, 7) is 0.618. The van der Waals surface area contributed by atoms with E-state index in [1.165, 1.54) is 23.2 Å². The third kappa shape index (κ3) is 3.94. The Labute approximate surface area is 135 Å². The summed E-state index contributed by atoms with van der Waals surface area (Å²) in [5.41, 5.74) is 2.23.